The number of rotatable bonds is 6. The lowest BCUT2D eigenvalue weighted by atomic mass is 9.79. The summed E-state index contributed by atoms with van der Waals surface area (Å²) in [5, 5.41) is 12.6. The monoisotopic (exact) mass is 413 g/mol. The van der Waals surface area contributed by atoms with Gasteiger partial charge >= 0.3 is 0 Å². The van der Waals surface area contributed by atoms with Crippen LogP contribution in [0, 0.1) is 11.3 Å². The van der Waals surface area contributed by atoms with Gasteiger partial charge < -0.3 is 5.32 Å². The van der Waals surface area contributed by atoms with Gasteiger partial charge in [0.05, 0.1) is 11.6 Å². The quantitative estimate of drug-likeness (QED) is 0.690. The molecule has 31 heavy (non-hydrogen) atoms. The predicted octanol–water partition coefficient (Wildman–Crippen LogP) is 4.84. The second-order valence-corrected chi connectivity index (χ2v) is 8.95. The van der Waals surface area contributed by atoms with E-state index in [1.165, 1.54) is 30.4 Å². The normalized spacial score (nSPS) is 18.3. The van der Waals surface area contributed by atoms with Crippen molar-refractivity contribution in [1.82, 2.24) is 10.2 Å². The maximum Gasteiger partial charge on any atom is 0.244 e. The minimum absolute atomic E-state index is 0.00778. The number of hydrogen-bond acceptors (Lipinski definition) is 3. The molecule has 2 aromatic rings. The molecule has 1 amide bonds. The first-order valence-electron chi connectivity index (χ1n) is 11.5. The van der Waals surface area contributed by atoms with Gasteiger partial charge in [-0.05, 0) is 60.6 Å². The standard InChI is InChI=1S/C27H31N3O/c28-20-23-9-11-24-13-17-30(21-25(24)19-23)18-16-27(14-5-2-6-15-27)29-26(31)12-10-22-7-3-1-4-8-22/h1,3-4,7-12,19H,2,5-6,13-18,21H2,(H,29,31)/b12-10+. The largest absolute Gasteiger partial charge is 0.347 e. The van der Waals surface area contributed by atoms with Crippen LogP contribution in [0.2, 0.25) is 0 Å². The first kappa shape index (κ1) is 21.3. The van der Waals surface area contributed by atoms with Crippen LogP contribution in [0.3, 0.4) is 0 Å². The third-order valence-electron chi connectivity index (χ3n) is 6.76. The molecule has 0 atom stereocenters. The lowest BCUT2D eigenvalue weighted by Crippen LogP contribution is -2.51. The number of fused-ring (bicyclic) bond motifs is 1. The van der Waals surface area contributed by atoms with Crippen LogP contribution >= 0.6 is 0 Å². The predicted molar refractivity (Wildman–Crippen MR) is 124 cm³/mol. The Balaban J connectivity index is 1.38. The van der Waals surface area contributed by atoms with Crippen LogP contribution in [0.4, 0.5) is 0 Å². The summed E-state index contributed by atoms with van der Waals surface area (Å²) in [5.41, 5.74) is 4.31. The van der Waals surface area contributed by atoms with E-state index in [-0.39, 0.29) is 11.4 Å². The summed E-state index contributed by atoms with van der Waals surface area (Å²) in [4.78, 5) is 15.2. The highest BCUT2D eigenvalue weighted by atomic mass is 16.1. The molecule has 1 N–H and O–H groups in total. The van der Waals surface area contributed by atoms with Crippen LogP contribution in [0.5, 0.6) is 0 Å². The van der Waals surface area contributed by atoms with E-state index >= 15 is 0 Å². The highest BCUT2D eigenvalue weighted by Crippen LogP contribution is 2.32. The van der Waals surface area contributed by atoms with Crippen molar-refractivity contribution in [1.29, 1.82) is 5.26 Å². The highest BCUT2D eigenvalue weighted by molar-refractivity contribution is 5.92. The van der Waals surface area contributed by atoms with Crippen LogP contribution in [0.1, 0.15) is 60.8 Å². The van der Waals surface area contributed by atoms with E-state index in [9.17, 15) is 10.1 Å². The number of nitrogens with one attached hydrogen (secondary N) is 1. The van der Waals surface area contributed by atoms with Crippen LogP contribution in [-0.2, 0) is 17.8 Å². The second kappa shape index (κ2) is 9.94. The van der Waals surface area contributed by atoms with Gasteiger partial charge in [0.15, 0.2) is 0 Å². The summed E-state index contributed by atoms with van der Waals surface area (Å²) in [6.45, 7) is 2.90. The van der Waals surface area contributed by atoms with Crippen molar-refractivity contribution in [3.63, 3.8) is 0 Å². The van der Waals surface area contributed by atoms with Gasteiger partial charge in [0, 0.05) is 31.2 Å². The van der Waals surface area contributed by atoms with E-state index in [1.54, 1.807) is 6.08 Å². The number of carbonyl (C=O) groups is 1. The highest BCUT2D eigenvalue weighted by Gasteiger charge is 2.33. The fraction of sp³-hybridized carbons (Fsp3) is 0.407. The molecular formula is C27H31N3O. The number of nitrogens with zero attached hydrogens (tertiary/aromatic N) is 2. The molecule has 0 aromatic heterocycles. The van der Waals surface area contributed by atoms with Crippen molar-refractivity contribution < 1.29 is 4.79 Å². The van der Waals surface area contributed by atoms with Gasteiger partial charge in [-0.3, -0.25) is 9.69 Å². The minimum Gasteiger partial charge on any atom is -0.347 e. The average Bonchev–Trinajstić information content (AvgIpc) is 2.82. The molecular weight excluding hydrogens is 382 g/mol. The van der Waals surface area contributed by atoms with Crippen molar-refractivity contribution in [2.75, 3.05) is 13.1 Å². The topological polar surface area (TPSA) is 56.1 Å². The molecule has 0 bridgehead atoms. The molecule has 0 saturated heterocycles. The number of carbonyl (C=O) groups excluding carboxylic acids is 1. The minimum atomic E-state index is -0.106. The molecule has 1 fully saturated rings. The molecule has 0 unspecified atom stereocenters. The maximum atomic E-state index is 12.7. The van der Waals surface area contributed by atoms with Crippen molar-refractivity contribution in [2.24, 2.45) is 0 Å². The zero-order valence-electron chi connectivity index (χ0n) is 18.1. The van der Waals surface area contributed by atoms with Gasteiger partial charge in [-0.2, -0.15) is 5.26 Å². The SMILES string of the molecule is N#Cc1ccc2c(c1)CN(CCC1(NC(=O)/C=C/c3ccccc3)CCCCC1)CC2. The second-order valence-electron chi connectivity index (χ2n) is 8.95. The van der Waals surface area contributed by atoms with Crippen molar-refractivity contribution in [2.45, 2.75) is 57.0 Å². The summed E-state index contributed by atoms with van der Waals surface area (Å²) in [6, 6.07) is 18.3. The van der Waals surface area contributed by atoms with Gasteiger partial charge in [0.2, 0.25) is 5.91 Å². The number of benzene rings is 2. The lowest BCUT2D eigenvalue weighted by molar-refractivity contribution is -0.118. The fourth-order valence-electron chi connectivity index (χ4n) is 4.95. The molecule has 1 heterocycles. The Kier molecular flexibility index (Phi) is 6.84. The van der Waals surface area contributed by atoms with E-state index in [0.29, 0.717) is 0 Å². The Morgan fingerprint density at radius 1 is 1.10 bits per heavy atom. The van der Waals surface area contributed by atoms with Gasteiger partial charge in [0.1, 0.15) is 0 Å². The third kappa shape index (κ3) is 5.62. The maximum absolute atomic E-state index is 12.7. The molecule has 1 aliphatic carbocycles. The molecule has 1 saturated carbocycles. The first-order valence-corrected chi connectivity index (χ1v) is 11.5. The fourth-order valence-corrected chi connectivity index (χ4v) is 4.95. The van der Waals surface area contributed by atoms with Crippen LogP contribution in [0.15, 0.2) is 54.6 Å². The van der Waals surface area contributed by atoms with Crippen molar-refractivity contribution in [3.05, 3.63) is 76.9 Å². The Bertz CT molecular complexity index is 968. The Hall–Kier alpha value is -2.90. The summed E-state index contributed by atoms with van der Waals surface area (Å²) < 4.78 is 0. The Morgan fingerprint density at radius 3 is 2.68 bits per heavy atom. The van der Waals surface area contributed by atoms with Gasteiger partial charge in [0.25, 0.3) is 0 Å². The number of nitriles is 1. The van der Waals surface area contributed by atoms with Crippen LogP contribution in [0.25, 0.3) is 6.08 Å². The lowest BCUT2D eigenvalue weighted by Gasteiger charge is -2.40. The van der Waals surface area contributed by atoms with E-state index in [4.69, 9.17) is 0 Å². The molecule has 4 heteroatoms. The average molecular weight is 414 g/mol. The Morgan fingerprint density at radius 2 is 1.90 bits per heavy atom. The zero-order valence-corrected chi connectivity index (χ0v) is 18.1. The van der Waals surface area contributed by atoms with Gasteiger partial charge in [-0.25, -0.2) is 0 Å². The number of amides is 1. The molecule has 2 aliphatic rings. The smallest absolute Gasteiger partial charge is 0.244 e. The molecule has 1 aliphatic heterocycles. The molecule has 4 rings (SSSR count). The zero-order chi connectivity index (χ0) is 21.5. The summed E-state index contributed by atoms with van der Waals surface area (Å²) in [6.07, 6.45) is 11.3. The van der Waals surface area contributed by atoms with E-state index in [0.717, 1.165) is 56.4 Å². The molecule has 4 nitrogen and oxygen atoms in total. The van der Waals surface area contributed by atoms with E-state index in [2.05, 4.69) is 22.4 Å². The third-order valence-corrected chi connectivity index (χ3v) is 6.76. The van der Waals surface area contributed by atoms with Gasteiger partial charge in [-0.1, -0.05) is 55.7 Å². The van der Waals surface area contributed by atoms with Crippen LogP contribution in [-0.4, -0.2) is 29.4 Å². The summed E-state index contributed by atoms with van der Waals surface area (Å²) in [7, 11) is 0. The first-order chi connectivity index (χ1) is 15.2. The van der Waals surface area contributed by atoms with Gasteiger partial charge in [-0.15, -0.1) is 0 Å². The molecule has 2 aromatic carbocycles. The Labute approximate surface area is 185 Å². The van der Waals surface area contributed by atoms with Crippen LogP contribution < -0.4 is 5.32 Å². The number of hydrogen-bond donors (Lipinski definition) is 1. The van der Waals surface area contributed by atoms with E-state index < -0.39 is 0 Å². The molecule has 0 radical (unpaired) electrons. The summed E-state index contributed by atoms with van der Waals surface area (Å²) >= 11 is 0. The van der Waals surface area contributed by atoms with E-state index in [1.807, 2.05) is 48.5 Å². The van der Waals surface area contributed by atoms with Crippen molar-refractivity contribution in [3.8, 4) is 6.07 Å². The van der Waals surface area contributed by atoms with Crippen molar-refractivity contribution >= 4 is 12.0 Å². The molecule has 0 spiro atoms. The molecule has 160 valence electrons. The summed E-state index contributed by atoms with van der Waals surface area (Å²) in [5.74, 6) is 0.00778.